The largest absolute Gasteiger partial charge is 0.206 e. The zero-order valence-corrected chi connectivity index (χ0v) is 15.0. The van der Waals surface area contributed by atoms with Crippen molar-refractivity contribution in [3.05, 3.63) is 68.4 Å². The summed E-state index contributed by atoms with van der Waals surface area (Å²) in [5.74, 6) is -0.493. The Morgan fingerprint density at radius 1 is 0.857 bits per heavy atom. The van der Waals surface area contributed by atoms with Crippen molar-refractivity contribution in [3.8, 4) is 0 Å². The first kappa shape index (κ1) is 16.6. The van der Waals surface area contributed by atoms with Gasteiger partial charge in [-0.3, -0.25) is 0 Å². The molecule has 0 aliphatic heterocycles. The molecule has 2 rings (SSSR count). The lowest BCUT2D eigenvalue weighted by molar-refractivity contribution is 0.624. The highest BCUT2D eigenvalue weighted by Crippen LogP contribution is 2.18. The lowest BCUT2D eigenvalue weighted by atomic mass is 10.2. The van der Waals surface area contributed by atoms with Crippen LogP contribution in [0.4, 0.5) is 4.39 Å². The number of hydrogen-bond acceptors (Lipinski definition) is 2. The van der Waals surface area contributed by atoms with E-state index in [1.54, 1.807) is 18.2 Å². The molecule has 2 nitrogen and oxygen atoms in total. The molecule has 2 aromatic carbocycles. The van der Waals surface area contributed by atoms with E-state index in [2.05, 4.69) is 42.1 Å². The maximum absolute atomic E-state index is 13.7. The minimum absolute atomic E-state index is 0.0738. The van der Waals surface area contributed by atoms with Crippen molar-refractivity contribution in [2.45, 2.75) is 0 Å². The van der Waals surface area contributed by atoms with Gasteiger partial charge in [-0.1, -0.05) is 67.2 Å². The van der Waals surface area contributed by atoms with Gasteiger partial charge in [-0.15, -0.1) is 10.2 Å². The highest BCUT2D eigenvalue weighted by molar-refractivity contribution is 9.10. The summed E-state index contributed by atoms with van der Waals surface area (Å²) in [6.45, 7) is 0. The van der Waals surface area contributed by atoms with Gasteiger partial charge in [-0.25, -0.2) is 4.39 Å². The van der Waals surface area contributed by atoms with Crippen LogP contribution < -0.4 is 0 Å². The van der Waals surface area contributed by atoms with E-state index in [0.29, 0.717) is 10.0 Å². The molecular weight excluding hydrogens is 446 g/mol. The molecule has 0 spiro atoms. The van der Waals surface area contributed by atoms with Crippen LogP contribution in [0.2, 0.25) is 0 Å². The molecule has 0 N–H and O–H groups in total. The van der Waals surface area contributed by atoms with Crippen molar-refractivity contribution in [1.29, 1.82) is 0 Å². The molecule has 108 valence electrons. The van der Waals surface area contributed by atoms with E-state index in [0.717, 1.165) is 4.47 Å². The third kappa shape index (κ3) is 4.61. The minimum atomic E-state index is -0.493. The Hall–Kier alpha value is -0.750. The average molecular weight is 453 g/mol. The zero-order chi connectivity index (χ0) is 15.4. The molecule has 0 radical (unpaired) electrons. The molecule has 0 saturated heterocycles. The number of halogens is 5. The first-order valence-electron chi connectivity index (χ1n) is 5.65. The predicted octanol–water partition coefficient (Wildman–Crippen LogP) is 5.94. The molecule has 0 unspecified atom stereocenters. The second-order valence-corrected chi connectivity index (χ2v) is 6.46. The third-order valence-electron chi connectivity index (χ3n) is 2.46. The fraction of sp³-hybridized carbons (Fsp3) is 0. The number of rotatable bonds is 3. The van der Waals surface area contributed by atoms with Crippen molar-refractivity contribution in [1.82, 2.24) is 0 Å². The van der Waals surface area contributed by atoms with Crippen LogP contribution in [0.25, 0.3) is 0 Å². The summed E-state index contributed by atoms with van der Waals surface area (Å²) >= 11 is 18.5. The topological polar surface area (TPSA) is 24.7 Å². The second kappa shape index (κ2) is 7.49. The standard InChI is InChI=1S/C14H7Br2Cl2FN2/c15-9-3-1-8(2-4-9)13(17)20-21-14(18)11-6-5-10(16)7-12(11)19/h1-7H. The van der Waals surface area contributed by atoms with Crippen LogP contribution >= 0.6 is 55.1 Å². The summed E-state index contributed by atoms with van der Waals surface area (Å²) in [4.78, 5) is 0. The van der Waals surface area contributed by atoms with E-state index < -0.39 is 5.82 Å². The SMILES string of the molecule is Fc1cc(Br)ccc1C(Cl)=NN=C(Cl)c1ccc(Br)cc1. The molecule has 0 aromatic heterocycles. The molecule has 2 aromatic rings. The maximum Gasteiger partial charge on any atom is 0.161 e. The van der Waals surface area contributed by atoms with Crippen molar-refractivity contribution in [2.24, 2.45) is 10.2 Å². The van der Waals surface area contributed by atoms with E-state index in [-0.39, 0.29) is 15.9 Å². The van der Waals surface area contributed by atoms with Gasteiger partial charge in [0.05, 0.1) is 0 Å². The molecule has 0 fully saturated rings. The smallest absolute Gasteiger partial charge is 0.161 e. The van der Waals surface area contributed by atoms with E-state index in [1.165, 1.54) is 12.1 Å². The molecular formula is C14H7Br2Cl2FN2. The van der Waals surface area contributed by atoms with Gasteiger partial charge in [0.25, 0.3) is 0 Å². The summed E-state index contributed by atoms with van der Waals surface area (Å²) < 4.78 is 15.3. The molecule has 0 heterocycles. The number of hydrogen-bond donors (Lipinski definition) is 0. The Morgan fingerprint density at radius 2 is 1.43 bits per heavy atom. The predicted molar refractivity (Wildman–Crippen MR) is 93.0 cm³/mol. The Bertz CT molecular complexity index is 715. The lowest BCUT2D eigenvalue weighted by Crippen LogP contribution is -1.96. The van der Waals surface area contributed by atoms with Gasteiger partial charge in [0, 0.05) is 20.1 Å². The van der Waals surface area contributed by atoms with Gasteiger partial charge in [0.2, 0.25) is 0 Å². The monoisotopic (exact) mass is 450 g/mol. The van der Waals surface area contributed by atoms with Crippen molar-refractivity contribution in [3.63, 3.8) is 0 Å². The molecule has 0 atom stereocenters. The van der Waals surface area contributed by atoms with Crippen molar-refractivity contribution >= 4 is 65.4 Å². The Labute approximate surface area is 147 Å². The molecule has 0 aliphatic rings. The van der Waals surface area contributed by atoms with Gasteiger partial charge >= 0.3 is 0 Å². The van der Waals surface area contributed by atoms with Crippen LogP contribution in [0.5, 0.6) is 0 Å². The zero-order valence-electron chi connectivity index (χ0n) is 10.3. The Morgan fingerprint density at radius 3 is 2.05 bits per heavy atom. The molecule has 0 aliphatic carbocycles. The third-order valence-corrected chi connectivity index (χ3v) is 4.06. The van der Waals surface area contributed by atoms with Gasteiger partial charge in [0.1, 0.15) is 5.82 Å². The Kier molecular flexibility index (Phi) is 5.93. The van der Waals surface area contributed by atoms with Gasteiger partial charge < -0.3 is 0 Å². The lowest BCUT2D eigenvalue weighted by Gasteiger charge is -2.00. The average Bonchev–Trinajstić information content (AvgIpc) is 2.45. The van der Waals surface area contributed by atoms with E-state index >= 15 is 0 Å². The Balaban J connectivity index is 2.26. The fourth-order valence-electron chi connectivity index (χ4n) is 1.44. The van der Waals surface area contributed by atoms with Crippen LogP contribution in [-0.4, -0.2) is 10.3 Å². The van der Waals surface area contributed by atoms with E-state index in [9.17, 15) is 4.39 Å². The maximum atomic E-state index is 13.7. The second-order valence-electron chi connectivity index (χ2n) is 3.91. The summed E-state index contributed by atoms with van der Waals surface area (Å²) in [5, 5.41) is 7.65. The van der Waals surface area contributed by atoms with Crippen LogP contribution in [0.15, 0.2) is 61.6 Å². The van der Waals surface area contributed by atoms with E-state index in [1.807, 2.05) is 12.1 Å². The quantitative estimate of drug-likeness (QED) is 0.407. The molecule has 0 amide bonds. The van der Waals surface area contributed by atoms with Crippen LogP contribution in [-0.2, 0) is 0 Å². The van der Waals surface area contributed by atoms with E-state index in [4.69, 9.17) is 23.2 Å². The van der Waals surface area contributed by atoms with Crippen LogP contribution in [0, 0.1) is 5.82 Å². The minimum Gasteiger partial charge on any atom is -0.206 e. The highest BCUT2D eigenvalue weighted by atomic mass is 79.9. The van der Waals surface area contributed by atoms with Gasteiger partial charge in [-0.2, -0.15) is 0 Å². The van der Waals surface area contributed by atoms with Crippen LogP contribution in [0.3, 0.4) is 0 Å². The molecule has 21 heavy (non-hydrogen) atoms. The molecule has 7 heteroatoms. The normalized spacial score (nSPS) is 12.6. The first-order chi connectivity index (χ1) is 9.97. The van der Waals surface area contributed by atoms with Gasteiger partial charge in [-0.05, 0) is 30.3 Å². The highest BCUT2D eigenvalue weighted by Gasteiger charge is 2.08. The first-order valence-corrected chi connectivity index (χ1v) is 7.99. The number of benzene rings is 2. The summed E-state index contributed by atoms with van der Waals surface area (Å²) in [5.41, 5.74) is 0.841. The van der Waals surface area contributed by atoms with Crippen molar-refractivity contribution < 1.29 is 4.39 Å². The summed E-state index contributed by atoms with van der Waals surface area (Å²) in [6.07, 6.45) is 0. The summed E-state index contributed by atoms with van der Waals surface area (Å²) in [7, 11) is 0. The summed E-state index contributed by atoms with van der Waals surface area (Å²) in [6, 6.07) is 11.7. The molecule has 0 bridgehead atoms. The number of nitrogens with zero attached hydrogens (tertiary/aromatic N) is 2. The van der Waals surface area contributed by atoms with Crippen LogP contribution in [0.1, 0.15) is 11.1 Å². The van der Waals surface area contributed by atoms with Crippen molar-refractivity contribution in [2.75, 3.05) is 0 Å². The fourth-order valence-corrected chi connectivity index (χ4v) is 2.40. The molecule has 0 saturated carbocycles. The van der Waals surface area contributed by atoms with Gasteiger partial charge in [0.15, 0.2) is 10.3 Å².